The first-order valence-electron chi connectivity index (χ1n) is 8.52. The predicted molar refractivity (Wildman–Crippen MR) is 87.3 cm³/mol. The van der Waals surface area contributed by atoms with E-state index in [-0.39, 0.29) is 11.5 Å². The van der Waals surface area contributed by atoms with Gasteiger partial charge in [-0.25, -0.2) is 0 Å². The molecular weight excluding hydrogens is 258 g/mol. The maximum Gasteiger partial charge on any atom is 0.0746 e. The van der Waals surface area contributed by atoms with E-state index in [4.69, 9.17) is 0 Å². The minimum Gasteiger partial charge on any atom is -0.391 e. The molecule has 1 aliphatic heterocycles. The van der Waals surface area contributed by atoms with Crippen LogP contribution >= 0.6 is 0 Å². The molecule has 0 amide bonds. The minimum atomic E-state index is -0.150. The summed E-state index contributed by atoms with van der Waals surface area (Å²) in [7, 11) is 0. The maximum absolute atomic E-state index is 10.5. The SMILES string of the molecule is CC1(C)CCC(N2CCC(Cc3ccccc3)CC2)C1O. The molecule has 1 saturated heterocycles. The summed E-state index contributed by atoms with van der Waals surface area (Å²) in [4.78, 5) is 2.56. The predicted octanol–water partition coefficient (Wildman–Crippen LogP) is 3.49. The summed E-state index contributed by atoms with van der Waals surface area (Å²) in [5, 5.41) is 10.5. The number of nitrogens with zero attached hydrogens (tertiary/aromatic N) is 1. The summed E-state index contributed by atoms with van der Waals surface area (Å²) in [6.45, 7) is 6.74. The molecular formula is C19H29NO. The fourth-order valence-electron chi connectivity index (χ4n) is 4.16. The van der Waals surface area contributed by atoms with Gasteiger partial charge < -0.3 is 5.11 Å². The van der Waals surface area contributed by atoms with E-state index in [0.29, 0.717) is 6.04 Å². The highest BCUT2D eigenvalue weighted by Crippen LogP contribution is 2.40. The van der Waals surface area contributed by atoms with Crippen LogP contribution in [0.1, 0.15) is 45.1 Å². The highest BCUT2D eigenvalue weighted by atomic mass is 16.3. The van der Waals surface area contributed by atoms with Crippen LogP contribution in [0.25, 0.3) is 0 Å². The highest BCUT2D eigenvalue weighted by molar-refractivity contribution is 5.15. The normalized spacial score (nSPS) is 30.6. The van der Waals surface area contributed by atoms with Crippen molar-refractivity contribution in [3.8, 4) is 0 Å². The van der Waals surface area contributed by atoms with Crippen molar-refractivity contribution in [3.63, 3.8) is 0 Å². The minimum absolute atomic E-state index is 0.103. The lowest BCUT2D eigenvalue weighted by atomic mass is 9.87. The molecule has 21 heavy (non-hydrogen) atoms. The molecule has 1 aliphatic carbocycles. The zero-order valence-electron chi connectivity index (χ0n) is 13.5. The number of rotatable bonds is 3. The van der Waals surface area contributed by atoms with Gasteiger partial charge in [-0.05, 0) is 62.1 Å². The van der Waals surface area contributed by atoms with Crippen LogP contribution in [0.5, 0.6) is 0 Å². The Morgan fingerprint density at radius 1 is 1.10 bits per heavy atom. The van der Waals surface area contributed by atoms with E-state index < -0.39 is 0 Å². The Morgan fingerprint density at radius 2 is 1.76 bits per heavy atom. The number of hydrogen-bond donors (Lipinski definition) is 1. The molecule has 1 aromatic rings. The Hall–Kier alpha value is -0.860. The van der Waals surface area contributed by atoms with E-state index in [9.17, 15) is 5.11 Å². The second-order valence-corrected chi connectivity index (χ2v) is 7.71. The Kier molecular flexibility index (Phi) is 4.37. The average Bonchev–Trinajstić information content (AvgIpc) is 2.76. The summed E-state index contributed by atoms with van der Waals surface area (Å²) in [5.41, 5.74) is 1.57. The van der Waals surface area contributed by atoms with Crippen LogP contribution in [0, 0.1) is 11.3 Å². The fraction of sp³-hybridized carbons (Fsp3) is 0.684. The highest BCUT2D eigenvalue weighted by Gasteiger charge is 2.43. The topological polar surface area (TPSA) is 23.5 Å². The molecule has 1 heterocycles. The summed E-state index contributed by atoms with van der Waals surface area (Å²) >= 11 is 0. The maximum atomic E-state index is 10.5. The van der Waals surface area contributed by atoms with Gasteiger partial charge in [-0.1, -0.05) is 44.2 Å². The molecule has 2 atom stereocenters. The number of hydrogen-bond acceptors (Lipinski definition) is 2. The number of aliphatic hydroxyl groups excluding tert-OH is 1. The average molecular weight is 287 g/mol. The molecule has 116 valence electrons. The third kappa shape index (κ3) is 3.32. The number of benzene rings is 1. The van der Waals surface area contributed by atoms with Gasteiger partial charge in [0.25, 0.3) is 0 Å². The second kappa shape index (κ2) is 6.10. The van der Waals surface area contributed by atoms with Crippen molar-refractivity contribution in [1.29, 1.82) is 0 Å². The van der Waals surface area contributed by atoms with Crippen molar-refractivity contribution in [2.24, 2.45) is 11.3 Å². The van der Waals surface area contributed by atoms with Gasteiger partial charge >= 0.3 is 0 Å². The van der Waals surface area contributed by atoms with Crippen molar-refractivity contribution < 1.29 is 5.11 Å². The van der Waals surface area contributed by atoms with Crippen molar-refractivity contribution in [2.45, 2.75) is 58.1 Å². The Morgan fingerprint density at radius 3 is 2.33 bits per heavy atom. The van der Waals surface area contributed by atoms with E-state index in [1.54, 1.807) is 0 Å². The zero-order chi connectivity index (χ0) is 14.9. The van der Waals surface area contributed by atoms with Gasteiger partial charge in [-0.15, -0.1) is 0 Å². The van der Waals surface area contributed by atoms with Gasteiger partial charge in [0.15, 0.2) is 0 Å². The van der Waals surface area contributed by atoms with Gasteiger partial charge in [-0.2, -0.15) is 0 Å². The Bertz CT molecular complexity index is 448. The van der Waals surface area contributed by atoms with Gasteiger partial charge in [0.1, 0.15) is 0 Å². The molecule has 1 aromatic carbocycles. The van der Waals surface area contributed by atoms with E-state index in [0.717, 1.165) is 31.8 Å². The second-order valence-electron chi connectivity index (χ2n) is 7.71. The summed E-state index contributed by atoms with van der Waals surface area (Å²) in [6, 6.07) is 11.3. The number of likely N-dealkylation sites (tertiary alicyclic amines) is 1. The van der Waals surface area contributed by atoms with E-state index in [2.05, 4.69) is 49.1 Å². The van der Waals surface area contributed by atoms with Gasteiger partial charge in [0.2, 0.25) is 0 Å². The van der Waals surface area contributed by atoms with Crippen LogP contribution in [-0.4, -0.2) is 35.2 Å². The summed E-state index contributed by atoms with van der Waals surface area (Å²) in [6.07, 6.45) is 5.94. The van der Waals surface area contributed by atoms with Crippen LogP contribution in [0.4, 0.5) is 0 Å². The first-order valence-corrected chi connectivity index (χ1v) is 8.52. The third-order valence-electron chi connectivity index (χ3n) is 5.73. The van der Waals surface area contributed by atoms with E-state index in [1.165, 1.54) is 24.8 Å². The molecule has 2 aliphatic rings. The van der Waals surface area contributed by atoms with Crippen LogP contribution in [0.3, 0.4) is 0 Å². The molecule has 1 saturated carbocycles. The molecule has 2 fully saturated rings. The van der Waals surface area contributed by atoms with E-state index in [1.807, 2.05) is 0 Å². The molecule has 2 nitrogen and oxygen atoms in total. The number of aliphatic hydroxyl groups is 1. The molecule has 0 radical (unpaired) electrons. The Labute approximate surface area is 129 Å². The smallest absolute Gasteiger partial charge is 0.0746 e. The summed E-state index contributed by atoms with van der Waals surface area (Å²) < 4.78 is 0. The quantitative estimate of drug-likeness (QED) is 0.920. The van der Waals surface area contributed by atoms with E-state index >= 15 is 0 Å². The molecule has 3 rings (SSSR count). The van der Waals surface area contributed by atoms with Crippen molar-refractivity contribution in [1.82, 2.24) is 4.90 Å². The fourth-order valence-corrected chi connectivity index (χ4v) is 4.16. The van der Waals surface area contributed by atoms with Gasteiger partial charge in [0.05, 0.1) is 6.10 Å². The lowest BCUT2D eigenvalue weighted by Crippen LogP contribution is -2.47. The Balaban J connectivity index is 1.52. The van der Waals surface area contributed by atoms with Crippen LogP contribution in [0.2, 0.25) is 0 Å². The van der Waals surface area contributed by atoms with Crippen LogP contribution < -0.4 is 0 Å². The molecule has 2 heteroatoms. The number of piperidine rings is 1. The molecule has 2 unspecified atom stereocenters. The van der Waals surface area contributed by atoms with Crippen LogP contribution in [0.15, 0.2) is 30.3 Å². The lowest BCUT2D eigenvalue weighted by molar-refractivity contribution is 0.00292. The monoisotopic (exact) mass is 287 g/mol. The van der Waals surface area contributed by atoms with Crippen molar-refractivity contribution in [2.75, 3.05) is 13.1 Å². The summed E-state index contributed by atoms with van der Waals surface area (Å²) in [5.74, 6) is 0.815. The lowest BCUT2D eigenvalue weighted by Gasteiger charge is -2.39. The van der Waals surface area contributed by atoms with Crippen LogP contribution in [-0.2, 0) is 6.42 Å². The zero-order valence-corrected chi connectivity index (χ0v) is 13.5. The molecule has 1 N–H and O–H groups in total. The van der Waals surface area contributed by atoms with Gasteiger partial charge in [-0.3, -0.25) is 4.90 Å². The standard InChI is InChI=1S/C19H29NO/c1-19(2)11-8-17(18(19)21)20-12-9-16(10-13-20)14-15-6-4-3-5-7-15/h3-7,16-18,21H,8-14H2,1-2H3. The molecule has 0 bridgehead atoms. The van der Waals surface area contributed by atoms with Crippen molar-refractivity contribution in [3.05, 3.63) is 35.9 Å². The largest absolute Gasteiger partial charge is 0.391 e. The first kappa shape index (κ1) is 15.1. The third-order valence-corrected chi connectivity index (χ3v) is 5.73. The molecule has 0 spiro atoms. The van der Waals surface area contributed by atoms with Gasteiger partial charge in [0, 0.05) is 6.04 Å². The van der Waals surface area contributed by atoms with Crippen molar-refractivity contribution >= 4 is 0 Å². The molecule has 0 aromatic heterocycles. The first-order chi connectivity index (χ1) is 10.1.